The highest BCUT2D eigenvalue weighted by Gasteiger charge is 2.42. The third kappa shape index (κ3) is 4.61. The highest BCUT2D eigenvalue weighted by atomic mass is 14.5. The highest BCUT2D eigenvalue weighted by molar-refractivity contribution is 5.24. The Kier molecular flexibility index (Phi) is 7.66. The molecule has 0 N–H and O–H groups in total. The van der Waals surface area contributed by atoms with Gasteiger partial charge in [0.15, 0.2) is 0 Å². The molecule has 130 valence electrons. The van der Waals surface area contributed by atoms with Gasteiger partial charge in [0.05, 0.1) is 0 Å². The van der Waals surface area contributed by atoms with Crippen LogP contribution in [0.25, 0.3) is 0 Å². The summed E-state index contributed by atoms with van der Waals surface area (Å²) in [6, 6.07) is 0. The Morgan fingerprint density at radius 1 is 0.957 bits per heavy atom. The molecule has 0 aromatic rings. The van der Waals surface area contributed by atoms with Crippen LogP contribution in [0.15, 0.2) is 36.5 Å². The predicted octanol–water partition coefficient (Wildman–Crippen LogP) is 7.62. The molecule has 0 aromatic carbocycles. The van der Waals surface area contributed by atoms with Crippen molar-refractivity contribution in [3.63, 3.8) is 0 Å². The summed E-state index contributed by atoms with van der Waals surface area (Å²) >= 11 is 0. The smallest absolute Gasteiger partial charge is 0.00174 e. The molecule has 1 atom stereocenters. The number of allylic oxidation sites excluding steroid dienone is 5. The Labute approximate surface area is 145 Å². The van der Waals surface area contributed by atoms with Gasteiger partial charge in [-0.05, 0) is 55.8 Å². The van der Waals surface area contributed by atoms with E-state index in [1.54, 1.807) is 5.57 Å². The van der Waals surface area contributed by atoms with Crippen molar-refractivity contribution in [3.05, 3.63) is 36.5 Å². The van der Waals surface area contributed by atoms with Crippen LogP contribution in [-0.2, 0) is 0 Å². The van der Waals surface area contributed by atoms with E-state index in [0.717, 1.165) is 5.92 Å². The van der Waals surface area contributed by atoms with E-state index in [4.69, 9.17) is 6.58 Å². The molecule has 23 heavy (non-hydrogen) atoms. The average Bonchev–Trinajstić information content (AvgIpc) is 3.26. The van der Waals surface area contributed by atoms with Crippen molar-refractivity contribution in [1.82, 2.24) is 0 Å². The minimum Gasteiger partial charge on any atom is -0.0987 e. The highest BCUT2D eigenvalue weighted by Crippen LogP contribution is 2.53. The fourth-order valence-corrected chi connectivity index (χ4v) is 4.86. The second-order valence-corrected chi connectivity index (χ2v) is 7.85. The van der Waals surface area contributed by atoms with Gasteiger partial charge in [0.2, 0.25) is 0 Å². The molecule has 0 aromatic heterocycles. The lowest BCUT2D eigenvalue weighted by Gasteiger charge is -2.44. The zero-order chi connectivity index (χ0) is 16.5. The van der Waals surface area contributed by atoms with Crippen LogP contribution < -0.4 is 0 Å². The molecule has 0 saturated carbocycles. The Morgan fingerprint density at radius 3 is 2.04 bits per heavy atom. The second kappa shape index (κ2) is 9.50. The molecule has 0 amide bonds. The molecule has 0 nitrogen and oxygen atoms in total. The Morgan fingerprint density at radius 2 is 1.57 bits per heavy atom. The van der Waals surface area contributed by atoms with Crippen LogP contribution in [-0.4, -0.2) is 0 Å². The first-order chi connectivity index (χ1) is 11.2. The maximum Gasteiger partial charge on any atom is -0.00174 e. The van der Waals surface area contributed by atoms with Gasteiger partial charge in [0.25, 0.3) is 0 Å². The molecule has 2 rings (SSSR count). The SMILES string of the molecule is C=C(C1C=CCC1)C(CCCCC)(CCCCC)C1CC=CC1. The summed E-state index contributed by atoms with van der Waals surface area (Å²) in [7, 11) is 0. The molecule has 0 bridgehead atoms. The molecule has 0 radical (unpaired) electrons. The van der Waals surface area contributed by atoms with E-state index in [9.17, 15) is 0 Å². The molecule has 2 aliphatic carbocycles. The first-order valence-corrected chi connectivity index (χ1v) is 10.3. The van der Waals surface area contributed by atoms with Crippen LogP contribution in [0.1, 0.15) is 90.9 Å². The van der Waals surface area contributed by atoms with Gasteiger partial charge in [-0.3, -0.25) is 0 Å². The largest absolute Gasteiger partial charge is 0.0987 e. The fraction of sp³-hybridized carbons (Fsp3) is 0.739. The van der Waals surface area contributed by atoms with E-state index in [2.05, 4.69) is 38.2 Å². The third-order valence-corrected chi connectivity index (χ3v) is 6.34. The third-order valence-electron chi connectivity index (χ3n) is 6.34. The first kappa shape index (κ1) is 18.6. The van der Waals surface area contributed by atoms with Crippen molar-refractivity contribution in [3.8, 4) is 0 Å². The molecule has 1 unspecified atom stereocenters. The molecule has 0 aliphatic heterocycles. The van der Waals surface area contributed by atoms with Crippen LogP contribution >= 0.6 is 0 Å². The van der Waals surface area contributed by atoms with Gasteiger partial charge >= 0.3 is 0 Å². The van der Waals surface area contributed by atoms with Gasteiger partial charge in [-0.25, -0.2) is 0 Å². The van der Waals surface area contributed by atoms with E-state index in [0.29, 0.717) is 11.3 Å². The Balaban J connectivity index is 2.18. The second-order valence-electron chi connectivity index (χ2n) is 7.85. The van der Waals surface area contributed by atoms with Gasteiger partial charge in [0, 0.05) is 0 Å². The molecule has 0 saturated heterocycles. The fourth-order valence-electron chi connectivity index (χ4n) is 4.86. The summed E-state index contributed by atoms with van der Waals surface area (Å²) in [4.78, 5) is 0. The van der Waals surface area contributed by atoms with Gasteiger partial charge in [-0.1, -0.05) is 88.8 Å². The quantitative estimate of drug-likeness (QED) is 0.272. The van der Waals surface area contributed by atoms with E-state index in [1.165, 1.54) is 77.0 Å². The van der Waals surface area contributed by atoms with E-state index in [-0.39, 0.29) is 0 Å². The minimum absolute atomic E-state index is 0.396. The molecular formula is C23H38. The van der Waals surface area contributed by atoms with Gasteiger partial charge in [-0.2, -0.15) is 0 Å². The number of hydrogen-bond acceptors (Lipinski definition) is 0. The summed E-state index contributed by atoms with van der Waals surface area (Å²) in [5.41, 5.74) is 1.99. The van der Waals surface area contributed by atoms with Crippen LogP contribution in [0.4, 0.5) is 0 Å². The van der Waals surface area contributed by atoms with E-state index < -0.39 is 0 Å². The van der Waals surface area contributed by atoms with E-state index in [1.807, 2.05) is 0 Å². The Hall–Kier alpha value is -0.780. The maximum absolute atomic E-state index is 4.73. The molecule has 0 fully saturated rings. The van der Waals surface area contributed by atoms with Gasteiger partial charge in [0.1, 0.15) is 0 Å². The summed E-state index contributed by atoms with van der Waals surface area (Å²) in [5.74, 6) is 1.47. The van der Waals surface area contributed by atoms with Crippen LogP contribution in [0.5, 0.6) is 0 Å². The molecule has 0 heterocycles. The van der Waals surface area contributed by atoms with Crippen molar-refractivity contribution in [2.24, 2.45) is 17.3 Å². The normalized spacial score (nSPS) is 21.4. The van der Waals surface area contributed by atoms with E-state index >= 15 is 0 Å². The monoisotopic (exact) mass is 314 g/mol. The summed E-state index contributed by atoms with van der Waals surface area (Å²) < 4.78 is 0. The summed E-state index contributed by atoms with van der Waals surface area (Å²) in [6.07, 6.45) is 25.7. The molecule has 2 aliphatic rings. The zero-order valence-electron chi connectivity index (χ0n) is 15.7. The minimum atomic E-state index is 0.396. The van der Waals surface area contributed by atoms with Crippen molar-refractivity contribution in [2.45, 2.75) is 90.9 Å². The summed E-state index contributed by atoms with van der Waals surface area (Å²) in [5, 5.41) is 0. The lowest BCUT2D eigenvalue weighted by atomic mass is 9.60. The first-order valence-electron chi connectivity index (χ1n) is 10.3. The van der Waals surface area contributed by atoms with Gasteiger partial charge in [-0.15, -0.1) is 0 Å². The van der Waals surface area contributed by atoms with Crippen molar-refractivity contribution in [2.75, 3.05) is 0 Å². The lowest BCUT2D eigenvalue weighted by Crippen LogP contribution is -2.34. The molecule has 0 heteroatoms. The zero-order valence-corrected chi connectivity index (χ0v) is 15.7. The summed E-state index contributed by atoms with van der Waals surface area (Å²) in [6.45, 7) is 9.38. The molecule has 0 spiro atoms. The maximum atomic E-state index is 4.73. The molecular weight excluding hydrogens is 276 g/mol. The van der Waals surface area contributed by atoms with Crippen LogP contribution in [0.3, 0.4) is 0 Å². The number of hydrogen-bond donors (Lipinski definition) is 0. The standard InChI is InChI=1S/C23H38/c1-4-6-12-18-23(19-13-7-5-2,22-16-10-11-17-22)20(3)21-14-8-9-15-21/h8,10-11,14,21-22H,3-7,9,12-13,15-19H2,1-2H3. The van der Waals surface area contributed by atoms with Crippen LogP contribution in [0.2, 0.25) is 0 Å². The van der Waals surface area contributed by atoms with Crippen molar-refractivity contribution in [1.29, 1.82) is 0 Å². The Bertz CT molecular complexity index is 394. The van der Waals surface area contributed by atoms with Crippen LogP contribution in [0, 0.1) is 17.3 Å². The number of unbranched alkanes of at least 4 members (excludes halogenated alkanes) is 4. The average molecular weight is 315 g/mol. The van der Waals surface area contributed by atoms with Crippen molar-refractivity contribution < 1.29 is 0 Å². The van der Waals surface area contributed by atoms with Crippen molar-refractivity contribution >= 4 is 0 Å². The topological polar surface area (TPSA) is 0 Å². The van der Waals surface area contributed by atoms with Gasteiger partial charge < -0.3 is 0 Å². The number of rotatable bonds is 11. The predicted molar refractivity (Wildman–Crippen MR) is 104 cm³/mol. The lowest BCUT2D eigenvalue weighted by molar-refractivity contribution is 0.160.